The molecule has 0 aliphatic carbocycles. The number of nitrogens with zero attached hydrogens (tertiary/aromatic N) is 3. The largest absolute Gasteiger partial charge is 0.355 e. The highest BCUT2D eigenvalue weighted by atomic mass is 15.3. The van der Waals surface area contributed by atoms with Gasteiger partial charge in [-0.1, -0.05) is 13.0 Å². The highest BCUT2D eigenvalue weighted by Crippen LogP contribution is 2.24. The minimum absolute atomic E-state index is 0.750. The van der Waals surface area contributed by atoms with Crippen LogP contribution >= 0.6 is 0 Å². The molecule has 4 heteroatoms. The minimum Gasteiger partial charge on any atom is -0.355 e. The van der Waals surface area contributed by atoms with E-state index in [1.165, 1.54) is 44.3 Å². The zero-order valence-electron chi connectivity index (χ0n) is 13.2. The fraction of sp³-hybridized carbons (Fsp3) is 0.706. The average molecular weight is 288 g/mol. The van der Waals surface area contributed by atoms with Crippen molar-refractivity contribution in [3.63, 3.8) is 0 Å². The molecule has 116 valence electrons. The Bertz CT molecular complexity index is 431. The van der Waals surface area contributed by atoms with Crippen LogP contribution in [0.15, 0.2) is 18.3 Å². The average Bonchev–Trinajstić information content (AvgIpc) is 2.85. The summed E-state index contributed by atoms with van der Waals surface area (Å²) in [7, 11) is 0. The van der Waals surface area contributed by atoms with Gasteiger partial charge in [0.1, 0.15) is 5.82 Å². The number of rotatable bonds is 5. The SMILES string of the molecule is CCCNCc1ccc(N2CCCN3CCCC3C2)nc1. The number of fused-ring (bicyclic) bond motifs is 1. The van der Waals surface area contributed by atoms with Gasteiger partial charge in [-0.15, -0.1) is 0 Å². The lowest BCUT2D eigenvalue weighted by atomic mass is 10.2. The van der Waals surface area contributed by atoms with Gasteiger partial charge < -0.3 is 10.2 Å². The molecule has 21 heavy (non-hydrogen) atoms. The summed E-state index contributed by atoms with van der Waals surface area (Å²) in [5.41, 5.74) is 1.28. The first-order chi connectivity index (χ1) is 10.4. The third-order valence-electron chi connectivity index (χ3n) is 4.69. The lowest BCUT2D eigenvalue weighted by molar-refractivity contribution is 0.273. The molecule has 4 nitrogen and oxygen atoms in total. The number of anilines is 1. The van der Waals surface area contributed by atoms with Crippen molar-refractivity contribution in [1.29, 1.82) is 0 Å². The van der Waals surface area contributed by atoms with E-state index in [1.54, 1.807) is 0 Å². The van der Waals surface area contributed by atoms with Crippen LogP contribution in [0, 0.1) is 0 Å². The zero-order valence-corrected chi connectivity index (χ0v) is 13.2. The fourth-order valence-corrected chi connectivity index (χ4v) is 3.53. The molecule has 1 aromatic rings. The van der Waals surface area contributed by atoms with E-state index in [2.05, 4.69) is 34.2 Å². The Hall–Kier alpha value is -1.13. The van der Waals surface area contributed by atoms with Crippen molar-refractivity contribution in [3.8, 4) is 0 Å². The van der Waals surface area contributed by atoms with Crippen LogP contribution < -0.4 is 10.2 Å². The summed E-state index contributed by atoms with van der Waals surface area (Å²) < 4.78 is 0. The Morgan fingerprint density at radius 3 is 2.95 bits per heavy atom. The van der Waals surface area contributed by atoms with Crippen molar-refractivity contribution in [2.45, 2.75) is 45.2 Å². The van der Waals surface area contributed by atoms with Crippen LogP contribution in [0.1, 0.15) is 38.2 Å². The van der Waals surface area contributed by atoms with E-state index in [9.17, 15) is 0 Å². The smallest absolute Gasteiger partial charge is 0.128 e. The van der Waals surface area contributed by atoms with Gasteiger partial charge in [-0.05, 0) is 50.4 Å². The maximum absolute atomic E-state index is 4.70. The molecule has 1 unspecified atom stereocenters. The maximum atomic E-state index is 4.70. The van der Waals surface area contributed by atoms with Crippen LogP contribution in [0.4, 0.5) is 5.82 Å². The molecule has 0 aromatic carbocycles. The Morgan fingerprint density at radius 1 is 1.24 bits per heavy atom. The molecule has 2 fully saturated rings. The summed E-state index contributed by atoms with van der Waals surface area (Å²) in [5.74, 6) is 1.16. The summed E-state index contributed by atoms with van der Waals surface area (Å²) in [6.45, 7) is 9.06. The van der Waals surface area contributed by atoms with Crippen molar-refractivity contribution >= 4 is 5.82 Å². The fourth-order valence-electron chi connectivity index (χ4n) is 3.53. The van der Waals surface area contributed by atoms with E-state index in [1.807, 2.05) is 6.20 Å². The van der Waals surface area contributed by atoms with Gasteiger partial charge in [0.2, 0.25) is 0 Å². The topological polar surface area (TPSA) is 31.4 Å². The third kappa shape index (κ3) is 3.74. The Balaban J connectivity index is 1.60. The molecule has 1 N–H and O–H groups in total. The second kappa shape index (κ2) is 7.23. The Labute approximate surface area is 128 Å². The molecule has 3 rings (SSSR count). The number of hydrogen-bond donors (Lipinski definition) is 1. The maximum Gasteiger partial charge on any atom is 0.128 e. The molecule has 0 radical (unpaired) electrons. The molecule has 0 amide bonds. The normalized spacial score (nSPS) is 23.1. The van der Waals surface area contributed by atoms with Crippen LogP contribution in [0.5, 0.6) is 0 Å². The lowest BCUT2D eigenvalue weighted by Crippen LogP contribution is -2.36. The minimum atomic E-state index is 0.750. The van der Waals surface area contributed by atoms with E-state index in [-0.39, 0.29) is 0 Å². The number of nitrogens with one attached hydrogen (secondary N) is 1. The summed E-state index contributed by atoms with van der Waals surface area (Å²) in [6.07, 6.45) is 7.20. The summed E-state index contributed by atoms with van der Waals surface area (Å²) >= 11 is 0. The summed E-state index contributed by atoms with van der Waals surface area (Å²) in [5, 5.41) is 3.43. The summed E-state index contributed by atoms with van der Waals surface area (Å²) in [4.78, 5) is 9.86. The van der Waals surface area contributed by atoms with Gasteiger partial charge in [-0.2, -0.15) is 0 Å². The second-order valence-corrected chi connectivity index (χ2v) is 6.33. The second-order valence-electron chi connectivity index (χ2n) is 6.33. The van der Waals surface area contributed by atoms with Crippen molar-refractivity contribution in [2.24, 2.45) is 0 Å². The molecule has 0 spiro atoms. The number of pyridine rings is 1. The van der Waals surface area contributed by atoms with Gasteiger partial charge in [0.25, 0.3) is 0 Å². The summed E-state index contributed by atoms with van der Waals surface area (Å²) in [6, 6.07) is 5.18. The zero-order chi connectivity index (χ0) is 14.5. The first-order valence-corrected chi connectivity index (χ1v) is 8.51. The van der Waals surface area contributed by atoms with Crippen molar-refractivity contribution in [3.05, 3.63) is 23.9 Å². The first kappa shape index (κ1) is 14.8. The van der Waals surface area contributed by atoms with Crippen LogP contribution in [-0.2, 0) is 6.54 Å². The van der Waals surface area contributed by atoms with Crippen LogP contribution in [0.3, 0.4) is 0 Å². The number of aromatic nitrogens is 1. The molecule has 1 atom stereocenters. The van der Waals surface area contributed by atoms with E-state index >= 15 is 0 Å². The van der Waals surface area contributed by atoms with Gasteiger partial charge in [-0.25, -0.2) is 4.98 Å². The van der Waals surface area contributed by atoms with E-state index in [0.29, 0.717) is 0 Å². The Kier molecular flexibility index (Phi) is 5.09. The van der Waals surface area contributed by atoms with E-state index < -0.39 is 0 Å². The molecular formula is C17H28N4. The van der Waals surface area contributed by atoms with Crippen molar-refractivity contribution < 1.29 is 0 Å². The van der Waals surface area contributed by atoms with Crippen molar-refractivity contribution in [2.75, 3.05) is 37.6 Å². The van der Waals surface area contributed by atoms with Gasteiger partial charge >= 0.3 is 0 Å². The van der Waals surface area contributed by atoms with E-state index in [0.717, 1.165) is 38.0 Å². The van der Waals surface area contributed by atoms with Crippen molar-refractivity contribution in [1.82, 2.24) is 15.2 Å². The lowest BCUT2D eigenvalue weighted by Gasteiger charge is -2.26. The van der Waals surface area contributed by atoms with Crippen LogP contribution in [-0.4, -0.2) is 48.6 Å². The molecule has 3 heterocycles. The van der Waals surface area contributed by atoms with Gasteiger partial charge in [0.05, 0.1) is 0 Å². The quantitative estimate of drug-likeness (QED) is 0.842. The molecule has 2 aliphatic rings. The molecular weight excluding hydrogens is 260 g/mol. The molecule has 0 saturated carbocycles. The highest BCUT2D eigenvalue weighted by molar-refractivity contribution is 5.40. The molecule has 2 aliphatic heterocycles. The highest BCUT2D eigenvalue weighted by Gasteiger charge is 2.28. The first-order valence-electron chi connectivity index (χ1n) is 8.51. The van der Waals surface area contributed by atoms with E-state index in [4.69, 9.17) is 4.98 Å². The van der Waals surface area contributed by atoms with Gasteiger partial charge in [0, 0.05) is 38.4 Å². The predicted molar refractivity (Wildman–Crippen MR) is 87.7 cm³/mol. The number of hydrogen-bond acceptors (Lipinski definition) is 4. The Morgan fingerprint density at radius 2 is 2.14 bits per heavy atom. The van der Waals surface area contributed by atoms with Gasteiger partial charge in [-0.3, -0.25) is 4.90 Å². The standard InChI is InChI=1S/C17H28N4/c1-2-8-18-12-15-6-7-17(19-13-15)21-11-4-10-20-9-3-5-16(20)14-21/h6-7,13,16,18H,2-5,8-12,14H2,1H3. The van der Waals surface area contributed by atoms with Gasteiger partial charge in [0.15, 0.2) is 0 Å². The predicted octanol–water partition coefficient (Wildman–Crippen LogP) is 2.26. The van der Waals surface area contributed by atoms with Crippen LogP contribution in [0.25, 0.3) is 0 Å². The molecule has 1 aromatic heterocycles. The third-order valence-corrected chi connectivity index (χ3v) is 4.69. The molecule has 0 bridgehead atoms. The van der Waals surface area contributed by atoms with Crippen LogP contribution in [0.2, 0.25) is 0 Å². The monoisotopic (exact) mass is 288 g/mol. The molecule has 2 saturated heterocycles.